The Kier molecular flexibility index (Phi) is 11.1. The van der Waals surface area contributed by atoms with Crippen LogP contribution >= 0.6 is 24.8 Å². The first-order chi connectivity index (χ1) is 17.6. The van der Waals surface area contributed by atoms with Crippen LogP contribution in [0.25, 0.3) is 0 Å². The number of nitrogens with one attached hydrogen (secondary N) is 1. The van der Waals surface area contributed by atoms with Crippen molar-refractivity contribution >= 4 is 42.3 Å². The smallest absolute Gasteiger partial charge is 0.255 e. The minimum absolute atomic E-state index is 0. The van der Waals surface area contributed by atoms with Gasteiger partial charge in [0.15, 0.2) is 5.78 Å². The van der Waals surface area contributed by atoms with E-state index in [2.05, 4.69) is 34.5 Å². The molecule has 1 amide bonds. The Balaban J connectivity index is 0.00000200. The number of hydrogen-bond acceptors (Lipinski definition) is 7. The Labute approximate surface area is 235 Å². The van der Waals surface area contributed by atoms with Gasteiger partial charge in [0, 0.05) is 50.3 Å². The zero-order valence-corrected chi connectivity index (χ0v) is 23.0. The van der Waals surface area contributed by atoms with Crippen LogP contribution in [0.15, 0.2) is 42.5 Å². The summed E-state index contributed by atoms with van der Waals surface area (Å²) in [5, 5.41) is 3.50. The molecule has 0 radical (unpaired) electrons. The number of fused-ring (bicyclic) bond motifs is 1. The van der Waals surface area contributed by atoms with Gasteiger partial charge in [-0.1, -0.05) is 30.3 Å². The van der Waals surface area contributed by atoms with Crippen LogP contribution < -0.4 is 10.1 Å². The number of ether oxygens (including phenoxy) is 2. The summed E-state index contributed by atoms with van der Waals surface area (Å²) >= 11 is 0. The highest BCUT2D eigenvalue weighted by molar-refractivity contribution is 6.07. The van der Waals surface area contributed by atoms with E-state index >= 15 is 0 Å². The number of nitrogens with zero attached hydrogens (tertiary/aromatic N) is 2. The zero-order valence-electron chi connectivity index (χ0n) is 21.4. The molecule has 0 bridgehead atoms. The molecule has 0 aromatic heterocycles. The molecule has 1 unspecified atom stereocenters. The van der Waals surface area contributed by atoms with Gasteiger partial charge in [0.2, 0.25) is 0 Å². The molecule has 2 aromatic rings. The van der Waals surface area contributed by atoms with Crippen LogP contribution in [-0.2, 0) is 34.0 Å². The fourth-order valence-corrected chi connectivity index (χ4v) is 5.11. The second-order valence-electron chi connectivity index (χ2n) is 9.69. The largest absolute Gasteiger partial charge is 0.489 e. The van der Waals surface area contributed by atoms with E-state index in [1.54, 1.807) is 11.0 Å². The molecule has 1 saturated carbocycles. The maximum Gasteiger partial charge on any atom is 0.255 e. The van der Waals surface area contributed by atoms with Crippen LogP contribution in [0, 0.1) is 0 Å². The molecular formula is C28H35Cl2N3O5. The van der Waals surface area contributed by atoms with Crippen molar-refractivity contribution in [1.29, 1.82) is 0 Å². The Morgan fingerprint density at radius 1 is 0.974 bits per heavy atom. The van der Waals surface area contributed by atoms with Crippen molar-refractivity contribution in [1.82, 2.24) is 15.1 Å². The van der Waals surface area contributed by atoms with Crippen molar-refractivity contribution in [2.75, 3.05) is 39.4 Å². The first kappa shape index (κ1) is 30.1. The molecule has 10 heteroatoms. The second-order valence-corrected chi connectivity index (χ2v) is 9.69. The molecule has 2 heterocycles. The highest BCUT2D eigenvalue weighted by Crippen LogP contribution is 2.34. The SMILES string of the molecule is Cl.Cl.O=C1CCC(N2Cc3c(OCc4ccc(CNCCN5CCOCC5)cc4)cccc3C2=O)C(=O)C1. The quantitative estimate of drug-likeness (QED) is 0.370. The summed E-state index contributed by atoms with van der Waals surface area (Å²) in [5.74, 6) is 0.301. The monoisotopic (exact) mass is 563 g/mol. The fraction of sp³-hybridized carbons (Fsp3) is 0.464. The Bertz CT molecular complexity index is 1120. The lowest BCUT2D eigenvalue weighted by atomic mass is 9.92. The number of ketones is 2. The topological polar surface area (TPSA) is 88.2 Å². The molecule has 206 valence electrons. The predicted octanol–water partition coefficient (Wildman–Crippen LogP) is 3.18. The van der Waals surface area contributed by atoms with E-state index in [0.29, 0.717) is 37.3 Å². The molecule has 1 N–H and O–H groups in total. The van der Waals surface area contributed by atoms with Gasteiger partial charge in [-0.2, -0.15) is 0 Å². The summed E-state index contributed by atoms with van der Waals surface area (Å²) in [5.41, 5.74) is 3.66. The number of morpholine rings is 1. The summed E-state index contributed by atoms with van der Waals surface area (Å²) in [7, 11) is 0. The van der Waals surface area contributed by atoms with Crippen LogP contribution in [0.3, 0.4) is 0 Å². The highest BCUT2D eigenvalue weighted by atomic mass is 35.5. The van der Waals surface area contributed by atoms with E-state index in [1.165, 1.54) is 5.56 Å². The van der Waals surface area contributed by atoms with Gasteiger partial charge in [0.1, 0.15) is 18.1 Å². The van der Waals surface area contributed by atoms with Crippen LogP contribution in [0.1, 0.15) is 46.3 Å². The average Bonchev–Trinajstić information content (AvgIpc) is 3.23. The van der Waals surface area contributed by atoms with Gasteiger partial charge in [0.25, 0.3) is 5.91 Å². The van der Waals surface area contributed by atoms with Gasteiger partial charge >= 0.3 is 0 Å². The van der Waals surface area contributed by atoms with E-state index in [-0.39, 0.29) is 48.7 Å². The van der Waals surface area contributed by atoms with Crippen LogP contribution in [0.5, 0.6) is 5.75 Å². The lowest BCUT2D eigenvalue weighted by Gasteiger charge is -2.29. The molecule has 3 aliphatic rings. The number of amides is 1. The number of rotatable bonds is 9. The summed E-state index contributed by atoms with van der Waals surface area (Å²) < 4.78 is 11.5. The zero-order chi connectivity index (χ0) is 24.9. The Hall–Kier alpha value is -2.49. The van der Waals surface area contributed by atoms with Crippen molar-refractivity contribution in [3.05, 3.63) is 64.7 Å². The molecule has 2 fully saturated rings. The molecule has 38 heavy (non-hydrogen) atoms. The van der Waals surface area contributed by atoms with Gasteiger partial charge in [-0.25, -0.2) is 0 Å². The molecule has 1 saturated heterocycles. The number of hydrogen-bond donors (Lipinski definition) is 1. The van der Waals surface area contributed by atoms with Crippen LogP contribution in [-0.4, -0.2) is 72.7 Å². The third-order valence-electron chi connectivity index (χ3n) is 7.22. The molecule has 0 spiro atoms. The molecular weight excluding hydrogens is 529 g/mol. The molecule has 2 aromatic carbocycles. The standard InChI is InChI=1S/C28H33N3O5.2ClH/c32-22-8-9-25(26(33)16-22)31-18-24-23(28(31)34)2-1-3-27(24)36-19-21-6-4-20(5-7-21)17-29-10-11-30-12-14-35-15-13-30;;/h1-7,25,29H,8-19H2;2*1H. The maximum absolute atomic E-state index is 13.0. The maximum atomic E-state index is 13.0. The average molecular weight is 565 g/mol. The normalized spacial score (nSPS) is 19.5. The fourth-order valence-electron chi connectivity index (χ4n) is 5.11. The first-order valence-electron chi connectivity index (χ1n) is 12.8. The van der Waals surface area contributed by atoms with Gasteiger partial charge in [-0.15, -0.1) is 24.8 Å². The summed E-state index contributed by atoms with van der Waals surface area (Å²) in [6, 6.07) is 13.3. The van der Waals surface area contributed by atoms with Crippen molar-refractivity contribution in [2.24, 2.45) is 0 Å². The molecule has 1 aliphatic carbocycles. The van der Waals surface area contributed by atoms with Crippen molar-refractivity contribution in [3.63, 3.8) is 0 Å². The minimum Gasteiger partial charge on any atom is -0.489 e. The van der Waals surface area contributed by atoms with E-state index in [0.717, 1.165) is 57.1 Å². The second kappa shape index (κ2) is 14.1. The third-order valence-corrected chi connectivity index (χ3v) is 7.22. The number of carbonyl (C=O) groups excluding carboxylic acids is 3. The molecule has 5 rings (SSSR count). The number of benzene rings is 2. The molecule has 1 atom stereocenters. The van der Waals surface area contributed by atoms with Gasteiger partial charge in [0.05, 0.1) is 32.2 Å². The lowest BCUT2D eigenvalue weighted by molar-refractivity contribution is -0.133. The number of Topliss-reactive ketones (excluding diaryl/α,β-unsaturated/α-hetero) is 2. The van der Waals surface area contributed by atoms with Gasteiger partial charge < -0.3 is 19.7 Å². The molecule has 2 aliphatic heterocycles. The highest BCUT2D eigenvalue weighted by Gasteiger charge is 2.39. The van der Waals surface area contributed by atoms with E-state index in [1.807, 2.05) is 12.1 Å². The predicted molar refractivity (Wildman–Crippen MR) is 148 cm³/mol. The Morgan fingerprint density at radius 3 is 2.45 bits per heavy atom. The summed E-state index contributed by atoms with van der Waals surface area (Å²) in [4.78, 5) is 41.0. The third kappa shape index (κ3) is 7.12. The van der Waals surface area contributed by atoms with Crippen molar-refractivity contribution in [2.45, 2.75) is 45.0 Å². The van der Waals surface area contributed by atoms with Crippen molar-refractivity contribution in [3.8, 4) is 5.75 Å². The first-order valence-corrected chi connectivity index (χ1v) is 12.8. The van der Waals surface area contributed by atoms with E-state index < -0.39 is 6.04 Å². The minimum atomic E-state index is -0.523. The Morgan fingerprint density at radius 2 is 1.71 bits per heavy atom. The molecule has 8 nitrogen and oxygen atoms in total. The number of halogens is 2. The van der Waals surface area contributed by atoms with Gasteiger partial charge in [-0.05, 0) is 29.7 Å². The van der Waals surface area contributed by atoms with Crippen LogP contribution in [0.4, 0.5) is 0 Å². The van der Waals surface area contributed by atoms with E-state index in [9.17, 15) is 14.4 Å². The number of carbonyl (C=O) groups is 3. The van der Waals surface area contributed by atoms with Crippen LogP contribution in [0.2, 0.25) is 0 Å². The van der Waals surface area contributed by atoms with E-state index in [4.69, 9.17) is 9.47 Å². The summed E-state index contributed by atoms with van der Waals surface area (Å²) in [6.07, 6.45) is 0.675. The lowest BCUT2D eigenvalue weighted by Crippen LogP contribution is -2.44. The summed E-state index contributed by atoms with van der Waals surface area (Å²) in [6.45, 7) is 7.20. The van der Waals surface area contributed by atoms with Crippen molar-refractivity contribution < 1.29 is 23.9 Å². The van der Waals surface area contributed by atoms with Gasteiger partial charge in [-0.3, -0.25) is 19.3 Å².